The number of nitrogens with one attached hydrogen (secondary N) is 2. The summed E-state index contributed by atoms with van der Waals surface area (Å²) in [5.74, 6) is -0.787. The molecule has 2 N–H and O–H groups in total. The number of benzene rings is 3. The van der Waals surface area contributed by atoms with Gasteiger partial charge in [0.05, 0.1) is 15.6 Å². The third kappa shape index (κ3) is 3.98. The molecule has 0 spiro atoms. The fraction of sp³-hybridized carbons (Fsp3) is 0.100. The number of carbonyl (C=O) groups is 2. The van der Waals surface area contributed by atoms with Crippen LogP contribution in [0.1, 0.15) is 17.3 Å². The largest absolute Gasteiger partial charge is 0.340 e. The Balaban J connectivity index is 1.69. The molecule has 4 nitrogen and oxygen atoms in total. The smallest absolute Gasteiger partial charge is 0.253 e. The quantitative estimate of drug-likeness (QED) is 0.669. The monoisotopic (exact) mass is 386 g/mol. The van der Waals surface area contributed by atoms with Crippen LogP contribution >= 0.6 is 23.2 Å². The van der Waals surface area contributed by atoms with Crippen molar-refractivity contribution in [1.29, 1.82) is 0 Å². The molecule has 0 bridgehead atoms. The van der Waals surface area contributed by atoms with E-state index in [-0.39, 0.29) is 21.5 Å². The highest BCUT2D eigenvalue weighted by molar-refractivity contribution is 6.43. The minimum atomic E-state index is -0.746. The highest BCUT2D eigenvalue weighted by Crippen LogP contribution is 2.25. The first-order valence-electron chi connectivity index (χ1n) is 8.00. The van der Waals surface area contributed by atoms with E-state index < -0.39 is 11.9 Å². The van der Waals surface area contributed by atoms with Gasteiger partial charge in [-0.2, -0.15) is 0 Å². The minimum absolute atomic E-state index is 0.161. The lowest BCUT2D eigenvalue weighted by Gasteiger charge is -2.15. The molecule has 0 radical (unpaired) electrons. The zero-order valence-electron chi connectivity index (χ0n) is 13.9. The molecule has 3 aromatic carbocycles. The van der Waals surface area contributed by atoms with Gasteiger partial charge in [0.1, 0.15) is 6.04 Å². The number of hydrogen-bond acceptors (Lipinski definition) is 2. The first-order valence-corrected chi connectivity index (χ1v) is 8.76. The second-order valence-electron chi connectivity index (χ2n) is 5.85. The molecule has 0 aliphatic heterocycles. The molecule has 0 fully saturated rings. The average molecular weight is 387 g/mol. The van der Waals surface area contributed by atoms with Gasteiger partial charge < -0.3 is 10.6 Å². The van der Waals surface area contributed by atoms with Gasteiger partial charge in [0.15, 0.2) is 0 Å². The van der Waals surface area contributed by atoms with Crippen molar-refractivity contribution < 1.29 is 9.59 Å². The Labute approximate surface area is 161 Å². The predicted molar refractivity (Wildman–Crippen MR) is 106 cm³/mol. The minimum Gasteiger partial charge on any atom is -0.340 e. The summed E-state index contributed by atoms with van der Waals surface area (Å²) in [6.07, 6.45) is 0. The van der Waals surface area contributed by atoms with Gasteiger partial charge in [-0.25, -0.2) is 0 Å². The van der Waals surface area contributed by atoms with E-state index in [0.717, 1.165) is 10.8 Å². The second-order valence-corrected chi connectivity index (χ2v) is 6.63. The SMILES string of the molecule is CC(NC(=O)c1cccc(Cl)c1Cl)C(=O)Nc1ccc2ccccc2c1. The van der Waals surface area contributed by atoms with Crippen LogP contribution in [0.25, 0.3) is 10.8 Å². The van der Waals surface area contributed by atoms with E-state index in [2.05, 4.69) is 10.6 Å². The van der Waals surface area contributed by atoms with Gasteiger partial charge >= 0.3 is 0 Å². The maximum atomic E-state index is 12.4. The lowest BCUT2D eigenvalue weighted by Crippen LogP contribution is -2.41. The van der Waals surface area contributed by atoms with Crippen molar-refractivity contribution in [2.24, 2.45) is 0 Å². The third-order valence-electron chi connectivity index (χ3n) is 3.95. The van der Waals surface area contributed by atoms with E-state index >= 15 is 0 Å². The van der Waals surface area contributed by atoms with Crippen molar-refractivity contribution >= 4 is 51.5 Å². The molecule has 0 aromatic heterocycles. The zero-order valence-corrected chi connectivity index (χ0v) is 15.4. The van der Waals surface area contributed by atoms with E-state index in [4.69, 9.17) is 23.2 Å². The molecular formula is C20H16Cl2N2O2. The molecule has 0 heterocycles. The molecule has 1 atom stereocenters. The third-order valence-corrected chi connectivity index (χ3v) is 4.77. The van der Waals surface area contributed by atoms with Gasteiger partial charge in [-0.1, -0.05) is 59.6 Å². The Kier molecular flexibility index (Phi) is 5.45. The Hall–Kier alpha value is -2.56. The number of halogens is 2. The fourth-order valence-corrected chi connectivity index (χ4v) is 2.92. The van der Waals surface area contributed by atoms with Crippen LogP contribution in [0.4, 0.5) is 5.69 Å². The van der Waals surface area contributed by atoms with Gasteiger partial charge in [-0.05, 0) is 42.0 Å². The lowest BCUT2D eigenvalue weighted by atomic mass is 10.1. The molecule has 0 saturated heterocycles. The number of hydrogen-bond donors (Lipinski definition) is 2. The number of amides is 2. The predicted octanol–water partition coefficient (Wildman–Crippen LogP) is 4.90. The summed E-state index contributed by atoms with van der Waals surface area (Å²) >= 11 is 12.0. The Morgan fingerprint density at radius 3 is 2.42 bits per heavy atom. The van der Waals surface area contributed by atoms with Crippen LogP contribution in [0.15, 0.2) is 60.7 Å². The molecule has 6 heteroatoms. The molecule has 0 saturated carbocycles. The van der Waals surface area contributed by atoms with E-state index in [9.17, 15) is 9.59 Å². The van der Waals surface area contributed by atoms with Crippen LogP contribution in [0.5, 0.6) is 0 Å². The van der Waals surface area contributed by atoms with Gasteiger partial charge in [-0.3, -0.25) is 9.59 Å². The number of rotatable bonds is 4. The van der Waals surface area contributed by atoms with Crippen LogP contribution in [0.2, 0.25) is 10.0 Å². The molecule has 3 rings (SSSR count). The van der Waals surface area contributed by atoms with E-state index in [1.807, 2.05) is 42.5 Å². The summed E-state index contributed by atoms with van der Waals surface area (Å²) < 4.78 is 0. The van der Waals surface area contributed by atoms with Crippen LogP contribution in [-0.2, 0) is 4.79 Å². The number of fused-ring (bicyclic) bond motifs is 1. The van der Waals surface area contributed by atoms with E-state index in [1.54, 1.807) is 25.1 Å². The van der Waals surface area contributed by atoms with Crippen molar-refractivity contribution in [3.8, 4) is 0 Å². The second kappa shape index (κ2) is 7.77. The maximum Gasteiger partial charge on any atom is 0.253 e. The van der Waals surface area contributed by atoms with Crippen LogP contribution in [0, 0.1) is 0 Å². The molecule has 0 aliphatic carbocycles. The number of carbonyl (C=O) groups excluding carboxylic acids is 2. The van der Waals surface area contributed by atoms with Crippen molar-refractivity contribution in [1.82, 2.24) is 5.32 Å². The van der Waals surface area contributed by atoms with Crippen LogP contribution in [0.3, 0.4) is 0 Å². The first kappa shape index (κ1) is 18.2. The molecular weight excluding hydrogens is 371 g/mol. The van der Waals surface area contributed by atoms with Crippen LogP contribution < -0.4 is 10.6 Å². The standard InChI is InChI=1S/C20H16Cl2N2O2/c1-12(23-20(26)16-7-4-8-17(21)18(16)22)19(25)24-15-10-9-13-5-2-3-6-14(13)11-15/h2-12H,1H3,(H,23,26)(H,24,25). The Morgan fingerprint density at radius 1 is 0.923 bits per heavy atom. The Bertz CT molecular complexity index is 988. The molecule has 132 valence electrons. The molecule has 3 aromatic rings. The first-order chi connectivity index (χ1) is 12.5. The summed E-state index contributed by atoms with van der Waals surface area (Å²) in [5, 5.41) is 7.98. The topological polar surface area (TPSA) is 58.2 Å². The normalized spacial score (nSPS) is 11.8. The summed E-state index contributed by atoms with van der Waals surface area (Å²) in [6.45, 7) is 1.60. The maximum absolute atomic E-state index is 12.4. The molecule has 1 unspecified atom stereocenters. The van der Waals surface area contributed by atoms with Crippen LogP contribution in [-0.4, -0.2) is 17.9 Å². The van der Waals surface area contributed by atoms with Crippen molar-refractivity contribution in [3.05, 3.63) is 76.3 Å². The van der Waals surface area contributed by atoms with Gasteiger partial charge in [0.2, 0.25) is 5.91 Å². The molecule has 2 amide bonds. The van der Waals surface area contributed by atoms with Crippen molar-refractivity contribution in [3.63, 3.8) is 0 Å². The fourth-order valence-electron chi connectivity index (χ4n) is 2.54. The van der Waals surface area contributed by atoms with Gasteiger partial charge in [0, 0.05) is 5.69 Å². The van der Waals surface area contributed by atoms with E-state index in [0.29, 0.717) is 5.69 Å². The van der Waals surface area contributed by atoms with Gasteiger partial charge in [0.25, 0.3) is 5.91 Å². The van der Waals surface area contributed by atoms with Crippen molar-refractivity contribution in [2.75, 3.05) is 5.32 Å². The summed E-state index contributed by atoms with van der Waals surface area (Å²) in [5.41, 5.74) is 0.889. The lowest BCUT2D eigenvalue weighted by molar-refractivity contribution is -0.117. The van der Waals surface area contributed by atoms with Gasteiger partial charge in [-0.15, -0.1) is 0 Å². The highest BCUT2D eigenvalue weighted by Gasteiger charge is 2.19. The molecule has 26 heavy (non-hydrogen) atoms. The summed E-state index contributed by atoms with van der Waals surface area (Å²) in [6, 6.07) is 17.5. The number of anilines is 1. The van der Waals surface area contributed by atoms with Crippen molar-refractivity contribution in [2.45, 2.75) is 13.0 Å². The van der Waals surface area contributed by atoms with E-state index in [1.165, 1.54) is 0 Å². The zero-order chi connectivity index (χ0) is 18.7. The highest BCUT2D eigenvalue weighted by atomic mass is 35.5. The summed E-state index contributed by atoms with van der Waals surface area (Å²) in [7, 11) is 0. The Morgan fingerprint density at radius 2 is 1.65 bits per heavy atom. The summed E-state index contributed by atoms with van der Waals surface area (Å²) in [4.78, 5) is 24.7. The molecule has 0 aliphatic rings. The average Bonchev–Trinajstić information content (AvgIpc) is 2.63.